The van der Waals surface area contributed by atoms with E-state index in [4.69, 9.17) is 11.1 Å². The van der Waals surface area contributed by atoms with E-state index in [0.717, 1.165) is 30.3 Å². The van der Waals surface area contributed by atoms with Crippen molar-refractivity contribution in [1.82, 2.24) is 9.88 Å². The molecule has 0 aromatic carbocycles. The minimum absolute atomic E-state index is 0.111. The van der Waals surface area contributed by atoms with Gasteiger partial charge in [-0.25, -0.2) is 4.98 Å². The van der Waals surface area contributed by atoms with Crippen LogP contribution in [0.2, 0.25) is 0 Å². The number of hydrogen-bond donors (Lipinski definition) is 2. The van der Waals surface area contributed by atoms with Crippen molar-refractivity contribution in [2.75, 3.05) is 13.1 Å². The molecular formula is C11H20N4S. The van der Waals surface area contributed by atoms with E-state index in [9.17, 15) is 0 Å². The van der Waals surface area contributed by atoms with Gasteiger partial charge in [0.1, 0.15) is 0 Å². The summed E-state index contributed by atoms with van der Waals surface area (Å²) < 4.78 is 0. The average Bonchev–Trinajstić information content (AvgIpc) is 2.62. The van der Waals surface area contributed by atoms with Crippen molar-refractivity contribution < 1.29 is 0 Å². The van der Waals surface area contributed by atoms with E-state index in [1.165, 1.54) is 0 Å². The van der Waals surface area contributed by atoms with Crippen LogP contribution in [0.1, 0.15) is 24.5 Å². The number of hydrogen-bond acceptors (Lipinski definition) is 4. The second kappa shape index (κ2) is 5.96. The summed E-state index contributed by atoms with van der Waals surface area (Å²) >= 11 is 1.68. The van der Waals surface area contributed by atoms with E-state index < -0.39 is 0 Å². The second-order valence-corrected chi connectivity index (χ2v) is 5.10. The Morgan fingerprint density at radius 3 is 2.81 bits per heavy atom. The highest BCUT2D eigenvalue weighted by molar-refractivity contribution is 7.09. The molecule has 3 N–H and O–H groups in total. The van der Waals surface area contributed by atoms with Crippen LogP contribution in [0.4, 0.5) is 0 Å². The van der Waals surface area contributed by atoms with Crippen molar-refractivity contribution in [3.8, 4) is 0 Å². The van der Waals surface area contributed by atoms with Gasteiger partial charge in [0.15, 0.2) is 0 Å². The van der Waals surface area contributed by atoms with Gasteiger partial charge in [0.05, 0.1) is 16.5 Å². The predicted octanol–water partition coefficient (Wildman–Crippen LogP) is 1.85. The number of thiazole rings is 1. The summed E-state index contributed by atoms with van der Waals surface area (Å²) in [7, 11) is 0. The van der Waals surface area contributed by atoms with E-state index in [-0.39, 0.29) is 11.8 Å². The molecule has 1 aromatic rings. The molecule has 4 nitrogen and oxygen atoms in total. The molecule has 1 rings (SSSR count). The third kappa shape index (κ3) is 3.90. The molecule has 90 valence electrons. The number of rotatable bonds is 6. The van der Waals surface area contributed by atoms with Crippen molar-refractivity contribution in [3.05, 3.63) is 16.1 Å². The highest BCUT2D eigenvalue weighted by Crippen LogP contribution is 2.11. The molecule has 0 fully saturated rings. The normalized spacial score (nSPS) is 13.0. The van der Waals surface area contributed by atoms with Crippen LogP contribution in [0.5, 0.6) is 0 Å². The highest BCUT2D eigenvalue weighted by atomic mass is 32.1. The number of amidine groups is 1. The molecule has 0 saturated heterocycles. The molecule has 0 aliphatic rings. The maximum Gasteiger partial charge on any atom is 0.0947 e. The van der Waals surface area contributed by atoms with Gasteiger partial charge in [-0.3, -0.25) is 10.3 Å². The van der Waals surface area contributed by atoms with Crippen LogP contribution in [0.3, 0.4) is 0 Å². The van der Waals surface area contributed by atoms with Gasteiger partial charge in [-0.1, -0.05) is 13.8 Å². The van der Waals surface area contributed by atoms with Gasteiger partial charge in [0, 0.05) is 24.4 Å². The van der Waals surface area contributed by atoms with Crippen LogP contribution in [-0.2, 0) is 6.54 Å². The SMILES string of the molecule is CCN(Cc1csc(C)n1)CC(C)C(=N)N. The number of aromatic nitrogens is 1. The molecule has 16 heavy (non-hydrogen) atoms. The fourth-order valence-corrected chi connectivity index (χ4v) is 2.10. The summed E-state index contributed by atoms with van der Waals surface area (Å²) in [5.41, 5.74) is 6.59. The van der Waals surface area contributed by atoms with Gasteiger partial charge in [-0.05, 0) is 13.5 Å². The molecule has 1 unspecified atom stereocenters. The zero-order chi connectivity index (χ0) is 12.1. The molecule has 0 bridgehead atoms. The number of nitrogens with two attached hydrogens (primary N) is 1. The minimum atomic E-state index is 0.111. The molecule has 0 amide bonds. The minimum Gasteiger partial charge on any atom is -0.387 e. The first kappa shape index (κ1) is 13.1. The molecule has 1 atom stereocenters. The van der Waals surface area contributed by atoms with Crippen LogP contribution >= 0.6 is 11.3 Å². The lowest BCUT2D eigenvalue weighted by atomic mass is 10.1. The highest BCUT2D eigenvalue weighted by Gasteiger charge is 2.12. The Morgan fingerprint density at radius 2 is 2.38 bits per heavy atom. The summed E-state index contributed by atoms with van der Waals surface area (Å²) in [6.07, 6.45) is 0. The first-order valence-electron chi connectivity index (χ1n) is 5.50. The lowest BCUT2D eigenvalue weighted by Gasteiger charge is -2.22. The predicted molar refractivity (Wildman–Crippen MR) is 68.9 cm³/mol. The molecule has 5 heteroatoms. The summed E-state index contributed by atoms with van der Waals surface area (Å²) in [6.45, 7) is 8.74. The zero-order valence-corrected chi connectivity index (χ0v) is 11.0. The Hall–Kier alpha value is -0.940. The summed E-state index contributed by atoms with van der Waals surface area (Å²) in [6, 6.07) is 0. The van der Waals surface area contributed by atoms with Crippen LogP contribution in [0.15, 0.2) is 5.38 Å². The summed E-state index contributed by atoms with van der Waals surface area (Å²) in [4.78, 5) is 6.71. The Balaban J connectivity index is 2.52. The van der Waals surface area contributed by atoms with Crippen molar-refractivity contribution in [1.29, 1.82) is 5.41 Å². The third-order valence-electron chi connectivity index (χ3n) is 2.56. The fourth-order valence-electron chi connectivity index (χ4n) is 1.50. The zero-order valence-electron chi connectivity index (χ0n) is 10.2. The van der Waals surface area contributed by atoms with E-state index in [2.05, 4.69) is 22.2 Å². The van der Waals surface area contributed by atoms with Crippen molar-refractivity contribution in [2.45, 2.75) is 27.3 Å². The van der Waals surface area contributed by atoms with E-state index >= 15 is 0 Å². The quantitative estimate of drug-likeness (QED) is 0.589. The second-order valence-electron chi connectivity index (χ2n) is 4.04. The van der Waals surface area contributed by atoms with Crippen molar-refractivity contribution in [3.63, 3.8) is 0 Å². The third-order valence-corrected chi connectivity index (χ3v) is 3.38. The summed E-state index contributed by atoms with van der Waals surface area (Å²) in [5.74, 6) is 0.368. The van der Waals surface area contributed by atoms with Gasteiger partial charge in [0.25, 0.3) is 0 Å². The van der Waals surface area contributed by atoms with Crippen LogP contribution < -0.4 is 5.73 Å². The Kier molecular flexibility index (Phi) is 4.89. The molecule has 0 aliphatic heterocycles. The van der Waals surface area contributed by atoms with Gasteiger partial charge in [-0.15, -0.1) is 11.3 Å². The lowest BCUT2D eigenvalue weighted by molar-refractivity contribution is 0.260. The largest absolute Gasteiger partial charge is 0.387 e. The fraction of sp³-hybridized carbons (Fsp3) is 0.636. The van der Waals surface area contributed by atoms with E-state index in [1.54, 1.807) is 11.3 Å². The van der Waals surface area contributed by atoms with Crippen LogP contribution in [0.25, 0.3) is 0 Å². The first-order valence-corrected chi connectivity index (χ1v) is 6.38. The van der Waals surface area contributed by atoms with Crippen molar-refractivity contribution in [2.24, 2.45) is 11.7 Å². The number of aryl methyl sites for hydroxylation is 1. The molecule has 0 saturated carbocycles. The van der Waals surface area contributed by atoms with Gasteiger partial charge >= 0.3 is 0 Å². The van der Waals surface area contributed by atoms with E-state index in [1.807, 2.05) is 13.8 Å². The smallest absolute Gasteiger partial charge is 0.0947 e. The first-order chi connectivity index (χ1) is 7.52. The van der Waals surface area contributed by atoms with Crippen LogP contribution in [0, 0.1) is 18.3 Å². The summed E-state index contributed by atoms with van der Waals surface area (Å²) in [5, 5.41) is 10.6. The average molecular weight is 240 g/mol. The molecule has 0 aliphatic carbocycles. The van der Waals surface area contributed by atoms with Crippen molar-refractivity contribution >= 4 is 17.2 Å². The monoisotopic (exact) mass is 240 g/mol. The Labute approximate surface area is 101 Å². The lowest BCUT2D eigenvalue weighted by Crippen LogP contribution is -2.34. The Morgan fingerprint density at radius 1 is 1.69 bits per heavy atom. The molecular weight excluding hydrogens is 220 g/mol. The molecule has 1 aromatic heterocycles. The topological polar surface area (TPSA) is 66.0 Å². The standard InChI is InChI=1S/C11H20N4S/c1-4-15(5-8(2)11(12)13)6-10-7-16-9(3)14-10/h7-8H,4-6H2,1-3H3,(H3,12,13). The molecule has 0 spiro atoms. The number of nitrogens with zero attached hydrogens (tertiary/aromatic N) is 2. The Bertz CT molecular complexity index is 348. The molecule has 1 heterocycles. The number of nitrogens with one attached hydrogen (secondary N) is 1. The van der Waals surface area contributed by atoms with Gasteiger partial charge in [0.2, 0.25) is 0 Å². The van der Waals surface area contributed by atoms with E-state index in [0.29, 0.717) is 0 Å². The van der Waals surface area contributed by atoms with Crippen LogP contribution in [-0.4, -0.2) is 28.8 Å². The maximum atomic E-state index is 7.39. The van der Waals surface area contributed by atoms with Gasteiger partial charge < -0.3 is 5.73 Å². The maximum absolute atomic E-state index is 7.39. The molecule has 0 radical (unpaired) electrons. The van der Waals surface area contributed by atoms with Gasteiger partial charge in [-0.2, -0.15) is 0 Å².